The van der Waals surface area contributed by atoms with Crippen molar-refractivity contribution in [3.05, 3.63) is 34.6 Å². The second kappa shape index (κ2) is 5.58. The minimum Gasteiger partial charge on any atom is -0.386 e. The monoisotopic (exact) mass is 288 g/mol. The van der Waals surface area contributed by atoms with Crippen LogP contribution in [0.1, 0.15) is 33.8 Å². The molecule has 2 aromatic heterocycles. The van der Waals surface area contributed by atoms with Crippen LogP contribution in [0.15, 0.2) is 18.5 Å². The average Bonchev–Trinajstić information content (AvgIpc) is 2.89. The SMILES string of the molecule is CNc1cnccc1C(=O)Nc1nc2c(s1)CCCC2. The van der Waals surface area contributed by atoms with Crippen molar-refractivity contribution in [1.82, 2.24) is 9.97 Å². The molecule has 0 saturated carbocycles. The van der Waals surface area contributed by atoms with Crippen LogP contribution in [0.4, 0.5) is 10.8 Å². The van der Waals surface area contributed by atoms with Gasteiger partial charge in [0.15, 0.2) is 5.13 Å². The van der Waals surface area contributed by atoms with Gasteiger partial charge in [-0.05, 0) is 31.7 Å². The summed E-state index contributed by atoms with van der Waals surface area (Å²) in [5.41, 5.74) is 2.45. The van der Waals surface area contributed by atoms with Crippen molar-refractivity contribution < 1.29 is 4.79 Å². The Hall–Kier alpha value is -1.95. The van der Waals surface area contributed by atoms with Crippen LogP contribution < -0.4 is 10.6 Å². The lowest BCUT2D eigenvalue weighted by Crippen LogP contribution is -2.14. The van der Waals surface area contributed by atoms with Gasteiger partial charge in [-0.1, -0.05) is 0 Å². The second-order valence-electron chi connectivity index (χ2n) is 4.72. The van der Waals surface area contributed by atoms with Crippen molar-refractivity contribution in [2.75, 3.05) is 17.7 Å². The van der Waals surface area contributed by atoms with Gasteiger partial charge >= 0.3 is 0 Å². The maximum Gasteiger partial charge on any atom is 0.259 e. The summed E-state index contributed by atoms with van der Waals surface area (Å²) < 4.78 is 0. The number of pyridine rings is 1. The number of aromatic nitrogens is 2. The molecule has 0 aliphatic heterocycles. The zero-order valence-electron chi connectivity index (χ0n) is 11.3. The number of nitrogens with one attached hydrogen (secondary N) is 2. The van der Waals surface area contributed by atoms with Gasteiger partial charge in [0.1, 0.15) is 0 Å². The topological polar surface area (TPSA) is 66.9 Å². The minimum absolute atomic E-state index is 0.150. The highest BCUT2D eigenvalue weighted by Crippen LogP contribution is 2.30. The average molecular weight is 288 g/mol. The third kappa shape index (κ3) is 2.51. The number of nitrogens with zero attached hydrogens (tertiary/aromatic N) is 2. The molecule has 0 atom stereocenters. The van der Waals surface area contributed by atoms with Crippen LogP contribution in [0.5, 0.6) is 0 Å². The highest BCUT2D eigenvalue weighted by Gasteiger charge is 2.17. The molecule has 0 saturated heterocycles. The molecule has 0 fully saturated rings. The molecule has 6 heteroatoms. The molecule has 2 aromatic rings. The van der Waals surface area contributed by atoms with Gasteiger partial charge in [0.2, 0.25) is 0 Å². The summed E-state index contributed by atoms with van der Waals surface area (Å²) in [5, 5.41) is 6.56. The lowest BCUT2D eigenvalue weighted by Gasteiger charge is -2.07. The van der Waals surface area contributed by atoms with Gasteiger partial charge in [-0.3, -0.25) is 15.1 Å². The fraction of sp³-hybridized carbons (Fsp3) is 0.357. The quantitative estimate of drug-likeness (QED) is 0.911. The van der Waals surface area contributed by atoms with Crippen molar-refractivity contribution in [3.63, 3.8) is 0 Å². The van der Waals surface area contributed by atoms with E-state index in [1.165, 1.54) is 17.7 Å². The number of fused-ring (bicyclic) bond motifs is 1. The van der Waals surface area contributed by atoms with Crippen LogP contribution in [0.25, 0.3) is 0 Å². The number of aryl methyl sites for hydroxylation is 2. The normalized spacial score (nSPS) is 13.7. The molecule has 1 aliphatic carbocycles. The molecular formula is C14H16N4OS. The molecule has 5 nitrogen and oxygen atoms in total. The maximum absolute atomic E-state index is 12.3. The van der Waals surface area contributed by atoms with E-state index in [-0.39, 0.29) is 5.91 Å². The molecule has 0 aromatic carbocycles. The molecule has 0 unspecified atom stereocenters. The predicted molar refractivity (Wildman–Crippen MR) is 80.5 cm³/mol. The molecule has 0 radical (unpaired) electrons. The fourth-order valence-corrected chi connectivity index (χ4v) is 3.41. The van der Waals surface area contributed by atoms with Crippen molar-refractivity contribution in [1.29, 1.82) is 0 Å². The molecule has 0 spiro atoms. The number of thiazole rings is 1. The van der Waals surface area contributed by atoms with Crippen LogP contribution in [0.2, 0.25) is 0 Å². The number of carbonyl (C=O) groups excluding carboxylic acids is 1. The molecular weight excluding hydrogens is 272 g/mol. The maximum atomic E-state index is 12.3. The zero-order valence-corrected chi connectivity index (χ0v) is 12.1. The highest BCUT2D eigenvalue weighted by molar-refractivity contribution is 7.15. The molecule has 20 heavy (non-hydrogen) atoms. The Balaban J connectivity index is 1.80. The molecule has 1 aliphatic rings. The van der Waals surface area contributed by atoms with Gasteiger partial charge < -0.3 is 5.32 Å². The molecule has 3 rings (SSSR count). The van der Waals surface area contributed by atoms with Crippen LogP contribution in [0, 0.1) is 0 Å². The van der Waals surface area contributed by atoms with Gasteiger partial charge in [0.25, 0.3) is 5.91 Å². The van der Waals surface area contributed by atoms with Crippen LogP contribution in [0.3, 0.4) is 0 Å². The Morgan fingerprint density at radius 1 is 1.35 bits per heavy atom. The summed E-state index contributed by atoms with van der Waals surface area (Å²) >= 11 is 1.59. The van der Waals surface area contributed by atoms with Gasteiger partial charge in [-0.2, -0.15) is 0 Å². The van der Waals surface area contributed by atoms with E-state index < -0.39 is 0 Å². The first-order chi connectivity index (χ1) is 9.78. The number of hydrogen-bond acceptors (Lipinski definition) is 5. The third-order valence-electron chi connectivity index (χ3n) is 3.40. The van der Waals surface area contributed by atoms with Crippen LogP contribution in [-0.2, 0) is 12.8 Å². The molecule has 0 bridgehead atoms. The van der Waals surface area contributed by atoms with Crippen molar-refractivity contribution in [3.8, 4) is 0 Å². The predicted octanol–water partition coefficient (Wildman–Crippen LogP) is 2.71. The number of carbonyl (C=O) groups is 1. The Kier molecular flexibility index (Phi) is 3.64. The number of hydrogen-bond donors (Lipinski definition) is 2. The van der Waals surface area contributed by atoms with E-state index in [2.05, 4.69) is 20.6 Å². The summed E-state index contributed by atoms with van der Waals surface area (Å²) in [7, 11) is 1.77. The smallest absolute Gasteiger partial charge is 0.259 e. The number of rotatable bonds is 3. The Labute approximate surface area is 121 Å². The van der Waals surface area contributed by atoms with Gasteiger partial charge in [-0.15, -0.1) is 11.3 Å². The Morgan fingerprint density at radius 2 is 2.20 bits per heavy atom. The summed E-state index contributed by atoms with van der Waals surface area (Å²) in [4.78, 5) is 22.1. The van der Waals surface area contributed by atoms with Crippen molar-refractivity contribution >= 4 is 28.1 Å². The van der Waals surface area contributed by atoms with Gasteiger partial charge in [0.05, 0.1) is 23.1 Å². The standard InChI is InChI=1S/C14H16N4OS/c1-15-11-8-16-7-6-9(11)13(19)18-14-17-10-4-2-3-5-12(10)20-14/h6-8,15H,2-5H2,1H3,(H,17,18,19). The van der Waals surface area contributed by atoms with E-state index >= 15 is 0 Å². The molecule has 2 N–H and O–H groups in total. The fourth-order valence-electron chi connectivity index (χ4n) is 2.36. The first kappa shape index (κ1) is 13.1. The molecule has 104 valence electrons. The molecule has 2 heterocycles. The lowest BCUT2D eigenvalue weighted by molar-refractivity contribution is 0.102. The van der Waals surface area contributed by atoms with E-state index in [1.807, 2.05) is 0 Å². The minimum atomic E-state index is -0.150. The van der Waals surface area contributed by atoms with E-state index in [0.29, 0.717) is 16.4 Å². The number of anilines is 2. The lowest BCUT2D eigenvalue weighted by atomic mass is 10.0. The van der Waals surface area contributed by atoms with E-state index in [9.17, 15) is 4.79 Å². The van der Waals surface area contributed by atoms with Crippen LogP contribution >= 0.6 is 11.3 Å². The summed E-state index contributed by atoms with van der Waals surface area (Å²) in [6.45, 7) is 0. The van der Waals surface area contributed by atoms with Gasteiger partial charge in [0, 0.05) is 18.1 Å². The Bertz CT molecular complexity index is 614. The van der Waals surface area contributed by atoms with E-state index in [1.54, 1.807) is 36.8 Å². The first-order valence-corrected chi connectivity index (χ1v) is 7.51. The van der Waals surface area contributed by atoms with Crippen molar-refractivity contribution in [2.24, 2.45) is 0 Å². The number of amides is 1. The summed E-state index contributed by atoms with van der Waals surface area (Å²) in [5.74, 6) is -0.150. The van der Waals surface area contributed by atoms with Crippen molar-refractivity contribution in [2.45, 2.75) is 25.7 Å². The second-order valence-corrected chi connectivity index (χ2v) is 5.80. The Morgan fingerprint density at radius 3 is 3.00 bits per heavy atom. The van der Waals surface area contributed by atoms with E-state index in [4.69, 9.17) is 0 Å². The third-order valence-corrected chi connectivity index (χ3v) is 4.47. The van der Waals surface area contributed by atoms with Gasteiger partial charge in [-0.25, -0.2) is 4.98 Å². The largest absolute Gasteiger partial charge is 0.386 e. The molecule has 1 amide bonds. The summed E-state index contributed by atoms with van der Waals surface area (Å²) in [6, 6.07) is 1.70. The van der Waals surface area contributed by atoms with E-state index in [0.717, 1.165) is 18.5 Å². The summed E-state index contributed by atoms with van der Waals surface area (Å²) in [6.07, 6.45) is 7.78. The highest BCUT2D eigenvalue weighted by atomic mass is 32.1. The van der Waals surface area contributed by atoms with Crippen LogP contribution in [-0.4, -0.2) is 22.9 Å². The first-order valence-electron chi connectivity index (χ1n) is 6.69. The zero-order chi connectivity index (χ0) is 13.9.